The number of amides is 2. The van der Waals surface area contributed by atoms with E-state index in [-0.39, 0.29) is 18.8 Å². The van der Waals surface area contributed by atoms with Gasteiger partial charge in [-0.3, -0.25) is 0 Å². The van der Waals surface area contributed by atoms with Crippen LogP contribution in [0.15, 0.2) is 36.4 Å². The van der Waals surface area contributed by atoms with E-state index in [1.54, 1.807) is 38.5 Å². The Balaban J connectivity index is 1.87. The summed E-state index contributed by atoms with van der Waals surface area (Å²) in [5, 5.41) is 6.30. The highest BCUT2D eigenvalue weighted by Crippen LogP contribution is 2.30. The minimum atomic E-state index is -0.377. The summed E-state index contributed by atoms with van der Waals surface area (Å²) in [4.78, 5) is 12.0. The van der Waals surface area contributed by atoms with E-state index in [1.807, 2.05) is 19.1 Å². The van der Waals surface area contributed by atoms with Gasteiger partial charge in [-0.1, -0.05) is 29.3 Å². The molecule has 1 unspecified atom stereocenters. The minimum absolute atomic E-state index is 0.0359. The maximum Gasteiger partial charge on any atom is 0.317 e. The van der Waals surface area contributed by atoms with Crippen molar-refractivity contribution < 1.29 is 19.0 Å². The highest BCUT2D eigenvalue weighted by Gasteiger charge is 2.12. The third-order valence-electron chi connectivity index (χ3n) is 3.61. The van der Waals surface area contributed by atoms with E-state index in [2.05, 4.69) is 10.6 Å². The first-order chi connectivity index (χ1) is 12.4. The Bertz CT molecular complexity index is 771. The van der Waals surface area contributed by atoms with Crippen LogP contribution in [0.3, 0.4) is 0 Å². The van der Waals surface area contributed by atoms with Gasteiger partial charge < -0.3 is 24.8 Å². The Hall–Kier alpha value is -2.31. The molecule has 8 heteroatoms. The van der Waals surface area contributed by atoms with Crippen LogP contribution in [-0.4, -0.2) is 27.0 Å². The van der Waals surface area contributed by atoms with Crippen molar-refractivity contribution in [3.63, 3.8) is 0 Å². The number of nitrogens with one attached hydrogen (secondary N) is 2. The number of halogens is 2. The second kappa shape index (κ2) is 9.40. The maximum atomic E-state index is 12.0. The number of rotatable bonds is 7. The molecule has 0 aliphatic rings. The average Bonchev–Trinajstić information content (AvgIpc) is 2.62. The fraction of sp³-hybridized carbons (Fsp3) is 0.278. The molecule has 0 aliphatic carbocycles. The summed E-state index contributed by atoms with van der Waals surface area (Å²) in [6.07, 6.45) is 0. The molecule has 2 rings (SSSR count). The predicted molar refractivity (Wildman–Crippen MR) is 102 cm³/mol. The zero-order valence-corrected chi connectivity index (χ0v) is 16.1. The lowest BCUT2D eigenvalue weighted by molar-refractivity contribution is 0.221. The van der Waals surface area contributed by atoms with Crippen LogP contribution in [0.1, 0.15) is 18.5 Å². The van der Waals surface area contributed by atoms with Crippen molar-refractivity contribution in [2.45, 2.75) is 13.0 Å². The first-order valence-corrected chi connectivity index (χ1v) is 8.54. The number of carbonyl (C=O) groups is 1. The molecule has 0 aromatic heterocycles. The van der Waals surface area contributed by atoms with Crippen LogP contribution in [0.4, 0.5) is 4.79 Å². The van der Waals surface area contributed by atoms with Crippen molar-refractivity contribution in [1.29, 1.82) is 0 Å². The number of methoxy groups -OCH3 is 2. The quantitative estimate of drug-likeness (QED) is 0.677. The second-order valence-corrected chi connectivity index (χ2v) is 6.19. The van der Waals surface area contributed by atoms with Gasteiger partial charge in [-0.2, -0.15) is 0 Å². The van der Waals surface area contributed by atoms with E-state index in [0.29, 0.717) is 27.3 Å². The van der Waals surface area contributed by atoms with Gasteiger partial charge in [0.15, 0.2) is 18.2 Å². The summed E-state index contributed by atoms with van der Waals surface area (Å²) in [6.45, 7) is 1.82. The van der Waals surface area contributed by atoms with Crippen molar-refractivity contribution in [1.82, 2.24) is 10.6 Å². The van der Waals surface area contributed by atoms with E-state index < -0.39 is 0 Å². The Morgan fingerprint density at radius 1 is 1.04 bits per heavy atom. The lowest BCUT2D eigenvalue weighted by atomic mass is 10.1. The number of hydrogen-bond acceptors (Lipinski definition) is 4. The maximum absolute atomic E-state index is 12.0. The van der Waals surface area contributed by atoms with Crippen molar-refractivity contribution in [2.24, 2.45) is 0 Å². The largest absolute Gasteiger partial charge is 0.493 e. The summed E-state index contributed by atoms with van der Waals surface area (Å²) in [5.74, 6) is 1.66. The van der Waals surface area contributed by atoms with E-state index >= 15 is 0 Å². The Morgan fingerprint density at radius 3 is 2.38 bits per heavy atom. The van der Waals surface area contributed by atoms with Gasteiger partial charge in [0, 0.05) is 5.02 Å². The van der Waals surface area contributed by atoms with Gasteiger partial charge in [-0.25, -0.2) is 4.79 Å². The zero-order valence-electron chi connectivity index (χ0n) is 14.6. The predicted octanol–water partition coefficient (Wildman–Crippen LogP) is 4.41. The number of ether oxygens (including phenoxy) is 3. The average molecular weight is 399 g/mol. The van der Waals surface area contributed by atoms with Crippen molar-refractivity contribution in [3.8, 4) is 17.2 Å². The summed E-state index contributed by atoms with van der Waals surface area (Å²) >= 11 is 11.8. The van der Waals surface area contributed by atoms with Crippen molar-refractivity contribution in [2.75, 3.05) is 21.0 Å². The van der Waals surface area contributed by atoms with Crippen LogP contribution < -0.4 is 24.8 Å². The molecule has 2 N–H and O–H groups in total. The molecule has 2 aromatic rings. The number of benzene rings is 2. The van der Waals surface area contributed by atoms with Crippen LogP contribution in [0, 0.1) is 0 Å². The molecule has 1 atom stereocenters. The fourth-order valence-corrected chi connectivity index (χ4v) is 2.69. The van der Waals surface area contributed by atoms with Crippen LogP contribution >= 0.6 is 23.2 Å². The topological polar surface area (TPSA) is 68.8 Å². The summed E-state index contributed by atoms with van der Waals surface area (Å²) in [7, 11) is 3.13. The molecule has 0 fully saturated rings. The summed E-state index contributed by atoms with van der Waals surface area (Å²) in [6, 6.07) is 9.70. The molecule has 2 aromatic carbocycles. The molecule has 0 aliphatic heterocycles. The molecule has 140 valence electrons. The van der Waals surface area contributed by atoms with Gasteiger partial charge >= 0.3 is 6.03 Å². The van der Waals surface area contributed by atoms with Gasteiger partial charge in [0.1, 0.15) is 5.75 Å². The Labute approximate surface area is 162 Å². The highest BCUT2D eigenvalue weighted by atomic mass is 35.5. The molecule has 0 saturated carbocycles. The minimum Gasteiger partial charge on any atom is -0.493 e. The Morgan fingerprint density at radius 2 is 1.73 bits per heavy atom. The van der Waals surface area contributed by atoms with E-state index in [4.69, 9.17) is 37.4 Å². The molecule has 0 radical (unpaired) electrons. The molecule has 0 heterocycles. The fourth-order valence-electron chi connectivity index (χ4n) is 2.22. The second-order valence-electron chi connectivity index (χ2n) is 5.35. The highest BCUT2D eigenvalue weighted by molar-refractivity contribution is 6.35. The van der Waals surface area contributed by atoms with Gasteiger partial charge in [0.25, 0.3) is 0 Å². The molecule has 0 saturated heterocycles. The molecule has 0 spiro atoms. The van der Waals surface area contributed by atoms with Gasteiger partial charge in [-0.05, 0) is 42.8 Å². The lowest BCUT2D eigenvalue weighted by Crippen LogP contribution is -2.39. The summed E-state index contributed by atoms with van der Waals surface area (Å²) < 4.78 is 15.9. The van der Waals surface area contributed by atoms with E-state index in [0.717, 1.165) is 5.56 Å². The molecule has 26 heavy (non-hydrogen) atoms. The van der Waals surface area contributed by atoms with Gasteiger partial charge in [0.05, 0.1) is 25.3 Å². The zero-order chi connectivity index (χ0) is 19.1. The smallest absolute Gasteiger partial charge is 0.317 e. The van der Waals surface area contributed by atoms with Gasteiger partial charge in [0.2, 0.25) is 0 Å². The standard InChI is InChI=1S/C18H20Cl2N2O4/c1-11(12-4-6-16(24-2)17(8-12)25-3)22-18(23)21-10-26-15-7-5-13(19)9-14(15)20/h4-9,11H,10H2,1-3H3,(H2,21,22,23). The van der Waals surface area contributed by atoms with Crippen LogP contribution in [0.5, 0.6) is 17.2 Å². The van der Waals surface area contributed by atoms with Crippen LogP contribution in [0.2, 0.25) is 10.0 Å². The third kappa shape index (κ3) is 5.34. The SMILES string of the molecule is COc1ccc(C(C)NC(=O)NCOc2ccc(Cl)cc2Cl)cc1OC. The van der Waals surface area contributed by atoms with Crippen LogP contribution in [0.25, 0.3) is 0 Å². The lowest BCUT2D eigenvalue weighted by Gasteiger charge is -2.17. The molecular formula is C18H20Cl2N2O4. The summed E-state index contributed by atoms with van der Waals surface area (Å²) in [5.41, 5.74) is 0.875. The molecule has 2 amide bonds. The normalized spacial score (nSPS) is 11.4. The van der Waals surface area contributed by atoms with Gasteiger partial charge in [-0.15, -0.1) is 0 Å². The number of carbonyl (C=O) groups excluding carboxylic acids is 1. The van der Waals surface area contributed by atoms with E-state index in [9.17, 15) is 4.79 Å². The number of hydrogen-bond donors (Lipinski definition) is 2. The first-order valence-electron chi connectivity index (χ1n) is 7.78. The van der Waals surface area contributed by atoms with Crippen molar-refractivity contribution >= 4 is 29.2 Å². The number of urea groups is 1. The molecule has 6 nitrogen and oxygen atoms in total. The monoisotopic (exact) mass is 398 g/mol. The molecular weight excluding hydrogens is 379 g/mol. The van der Waals surface area contributed by atoms with Crippen LogP contribution in [-0.2, 0) is 0 Å². The molecule has 0 bridgehead atoms. The third-order valence-corrected chi connectivity index (χ3v) is 4.14. The van der Waals surface area contributed by atoms with E-state index in [1.165, 1.54) is 0 Å². The van der Waals surface area contributed by atoms with Crippen molar-refractivity contribution in [3.05, 3.63) is 52.0 Å². The Kier molecular flexibility index (Phi) is 7.24. The first kappa shape index (κ1) is 20.0.